The molecule has 2 atom stereocenters. The van der Waals surface area contributed by atoms with Gasteiger partial charge in [0.15, 0.2) is 0 Å². The Hall–Kier alpha value is -0.240. The maximum Gasteiger partial charge on any atom is 0.0841 e. The summed E-state index contributed by atoms with van der Waals surface area (Å²) in [5.41, 5.74) is 14.9. The first-order chi connectivity index (χ1) is 16.3. The lowest BCUT2D eigenvalue weighted by Gasteiger charge is -2.50. The number of hydrogen-bond donors (Lipinski definition) is 2. The van der Waals surface area contributed by atoms with E-state index in [0.29, 0.717) is 27.9 Å². The molecule has 202 valence electrons. The van der Waals surface area contributed by atoms with Crippen molar-refractivity contribution in [3.8, 4) is 0 Å². The number of piperidine rings is 2. The molecule has 4 heterocycles. The summed E-state index contributed by atoms with van der Waals surface area (Å²) < 4.78 is 11.5. The Labute approximate surface area is 214 Å². The summed E-state index contributed by atoms with van der Waals surface area (Å²) in [5, 5.41) is 0. The standard InChI is InChI=1S/C15H28N2O.C14H26N2O/c1-13(2,3)17-8-6-14(7-9-17)4-5-15(12(14)16)10-18-11-15;1-12(2,3)16-8-6-13(7-9-16)10-17-14(4-5-14)11(13)15/h12H,4-11,16H2,1-3H3;11H,4-10,15H2,1-3H3/t12-;11-/m00/s1. The molecule has 6 rings (SSSR count). The fourth-order valence-electron chi connectivity index (χ4n) is 8.01. The molecule has 6 heteroatoms. The van der Waals surface area contributed by atoms with Crippen LogP contribution in [0.3, 0.4) is 0 Å². The second-order valence-corrected chi connectivity index (χ2v) is 15.2. The third-order valence-electron chi connectivity index (χ3n) is 11.3. The molecule has 6 nitrogen and oxygen atoms in total. The zero-order chi connectivity index (χ0) is 25.3. The van der Waals surface area contributed by atoms with Gasteiger partial charge in [0.2, 0.25) is 0 Å². The highest BCUT2D eigenvalue weighted by Gasteiger charge is 2.63. The lowest BCUT2D eigenvalue weighted by molar-refractivity contribution is -0.127. The maximum absolute atomic E-state index is 6.64. The van der Waals surface area contributed by atoms with Gasteiger partial charge in [0, 0.05) is 34.0 Å². The number of likely N-dealkylation sites (tertiary alicyclic amines) is 2. The molecule has 0 bridgehead atoms. The minimum atomic E-state index is 0.101. The van der Waals surface area contributed by atoms with E-state index >= 15 is 0 Å². The number of rotatable bonds is 0. The summed E-state index contributed by atoms with van der Waals surface area (Å²) in [6.45, 7) is 21.4. The van der Waals surface area contributed by atoms with Gasteiger partial charge in [-0.25, -0.2) is 0 Å². The van der Waals surface area contributed by atoms with E-state index in [2.05, 4.69) is 51.3 Å². The first-order valence-corrected chi connectivity index (χ1v) is 14.5. The number of ether oxygens (including phenoxy) is 2. The molecule has 0 unspecified atom stereocenters. The summed E-state index contributed by atoms with van der Waals surface area (Å²) in [7, 11) is 0. The van der Waals surface area contributed by atoms with Crippen LogP contribution in [0.1, 0.15) is 92.9 Å². The molecule has 0 aromatic heterocycles. The highest BCUT2D eigenvalue weighted by Crippen LogP contribution is 2.57. The first kappa shape index (κ1) is 26.4. The van der Waals surface area contributed by atoms with Gasteiger partial charge in [-0.1, -0.05) is 0 Å². The molecule has 4 N–H and O–H groups in total. The molecular formula is C29H54N4O2. The molecule has 2 saturated carbocycles. The van der Waals surface area contributed by atoms with Gasteiger partial charge >= 0.3 is 0 Å². The van der Waals surface area contributed by atoms with Crippen molar-refractivity contribution in [2.45, 2.75) is 122 Å². The lowest BCUT2D eigenvalue weighted by Crippen LogP contribution is -2.59. The smallest absolute Gasteiger partial charge is 0.0841 e. The number of nitrogens with two attached hydrogens (primary N) is 2. The summed E-state index contributed by atoms with van der Waals surface area (Å²) in [6, 6.07) is 0.665. The molecule has 0 amide bonds. The first-order valence-electron chi connectivity index (χ1n) is 14.5. The van der Waals surface area contributed by atoms with Gasteiger partial charge in [-0.3, -0.25) is 9.80 Å². The fraction of sp³-hybridized carbons (Fsp3) is 1.00. The summed E-state index contributed by atoms with van der Waals surface area (Å²) in [6.07, 6.45) is 10.0. The monoisotopic (exact) mass is 490 g/mol. The SMILES string of the molecule is CC(C)(C)N1CCC2(CC1)CCC1(COC1)[C@H]2N.CC(C)(C)N1CCC2(CC1)COC1(CC1)[C@H]2N. The Morgan fingerprint density at radius 2 is 1.03 bits per heavy atom. The molecule has 4 spiro atoms. The van der Waals surface area contributed by atoms with Crippen LogP contribution in [0.15, 0.2) is 0 Å². The van der Waals surface area contributed by atoms with Crippen molar-refractivity contribution in [3.05, 3.63) is 0 Å². The van der Waals surface area contributed by atoms with Crippen molar-refractivity contribution >= 4 is 0 Å². The van der Waals surface area contributed by atoms with Crippen LogP contribution in [0.25, 0.3) is 0 Å². The second kappa shape index (κ2) is 8.64. The van der Waals surface area contributed by atoms with Crippen LogP contribution in [0.2, 0.25) is 0 Å². The van der Waals surface area contributed by atoms with E-state index in [1.165, 1.54) is 77.5 Å². The van der Waals surface area contributed by atoms with Crippen molar-refractivity contribution in [3.63, 3.8) is 0 Å². The van der Waals surface area contributed by atoms with Crippen LogP contribution in [0.4, 0.5) is 0 Å². The number of hydrogen-bond acceptors (Lipinski definition) is 6. The van der Waals surface area contributed by atoms with Crippen molar-refractivity contribution in [1.29, 1.82) is 0 Å². The van der Waals surface area contributed by atoms with Crippen LogP contribution in [0, 0.1) is 16.2 Å². The highest BCUT2D eigenvalue weighted by molar-refractivity contribution is 5.16. The zero-order valence-electron chi connectivity index (χ0n) is 23.6. The Kier molecular flexibility index (Phi) is 6.51. The molecule has 0 aromatic carbocycles. The Balaban J connectivity index is 0.000000145. The van der Waals surface area contributed by atoms with Crippen LogP contribution in [0.5, 0.6) is 0 Å². The van der Waals surface area contributed by atoms with Crippen LogP contribution in [-0.4, -0.2) is 84.6 Å². The van der Waals surface area contributed by atoms with Crippen molar-refractivity contribution in [2.24, 2.45) is 27.7 Å². The molecule has 4 aliphatic heterocycles. The van der Waals surface area contributed by atoms with Gasteiger partial charge in [0.25, 0.3) is 0 Å². The largest absolute Gasteiger partial charge is 0.380 e. The van der Waals surface area contributed by atoms with Gasteiger partial charge in [-0.15, -0.1) is 0 Å². The van der Waals surface area contributed by atoms with Gasteiger partial charge in [-0.05, 0) is 125 Å². The van der Waals surface area contributed by atoms with Gasteiger partial charge in [0.05, 0.1) is 25.4 Å². The second-order valence-electron chi connectivity index (χ2n) is 15.2. The fourth-order valence-corrected chi connectivity index (χ4v) is 8.01. The minimum absolute atomic E-state index is 0.101. The Bertz CT molecular complexity index is 761. The van der Waals surface area contributed by atoms with E-state index in [1.807, 2.05) is 0 Å². The topological polar surface area (TPSA) is 77.0 Å². The summed E-state index contributed by atoms with van der Waals surface area (Å²) in [5.74, 6) is 0. The molecular weight excluding hydrogens is 436 g/mol. The van der Waals surface area contributed by atoms with Crippen molar-refractivity contribution < 1.29 is 9.47 Å². The van der Waals surface area contributed by atoms with Crippen molar-refractivity contribution in [2.75, 3.05) is 46.0 Å². The Morgan fingerprint density at radius 3 is 1.37 bits per heavy atom. The third-order valence-corrected chi connectivity index (χ3v) is 11.3. The van der Waals surface area contributed by atoms with E-state index in [9.17, 15) is 0 Å². The Morgan fingerprint density at radius 1 is 0.571 bits per heavy atom. The molecule has 4 saturated heterocycles. The molecule has 0 aromatic rings. The van der Waals surface area contributed by atoms with E-state index in [-0.39, 0.29) is 17.1 Å². The predicted molar refractivity (Wildman–Crippen MR) is 142 cm³/mol. The summed E-state index contributed by atoms with van der Waals surface area (Å²) in [4.78, 5) is 5.20. The van der Waals surface area contributed by atoms with Crippen LogP contribution >= 0.6 is 0 Å². The normalized spacial score (nSPS) is 35.3. The molecule has 0 radical (unpaired) electrons. The quantitative estimate of drug-likeness (QED) is 0.538. The average Bonchev–Trinajstić information content (AvgIpc) is 3.45. The predicted octanol–water partition coefficient (Wildman–Crippen LogP) is 3.76. The highest BCUT2D eigenvalue weighted by atomic mass is 16.5. The van der Waals surface area contributed by atoms with E-state index in [1.54, 1.807) is 0 Å². The average molecular weight is 491 g/mol. The lowest BCUT2D eigenvalue weighted by atomic mass is 9.68. The van der Waals surface area contributed by atoms with Gasteiger partial charge in [0.1, 0.15) is 0 Å². The van der Waals surface area contributed by atoms with E-state index in [0.717, 1.165) is 19.8 Å². The van der Waals surface area contributed by atoms with Gasteiger partial charge in [-0.2, -0.15) is 0 Å². The molecule has 2 aliphatic carbocycles. The third kappa shape index (κ3) is 4.52. The molecule has 6 fully saturated rings. The maximum atomic E-state index is 6.64. The molecule has 35 heavy (non-hydrogen) atoms. The summed E-state index contributed by atoms with van der Waals surface area (Å²) >= 11 is 0. The number of nitrogens with zero attached hydrogens (tertiary/aromatic N) is 2. The molecule has 6 aliphatic rings. The minimum Gasteiger partial charge on any atom is -0.380 e. The zero-order valence-corrected chi connectivity index (χ0v) is 23.6. The van der Waals surface area contributed by atoms with E-state index < -0.39 is 0 Å². The van der Waals surface area contributed by atoms with Crippen molar-refractivity contribution in [1.82, 2.24) is 9.80 Å². The van der Waals surface area contributed by atoms with Gasteiger partial charge < -0.3 is 20.9 Å². The van der Waals surface area contributed by atoms with Crippen LogP contribution < -0.4 is 11.5 Å². The van der Waals surface area contributed by atoms with E-state index in [4.69, 9.17) is 20.9 Å². The van der Waals surface area contributed by atoms with Crippen LogP contribution in [-0.2, 0) is 9.47 Å².